The van der Waals surface area contributed by atoms with Gasteiger partial charge in [0.2, 0.25) is 0 Å². The van der Waals surface area contributed by atoms with Crippen molar-refractivity contribution in [3.8, 4) is 0 Å². The Morgan fingerprint density at radius 3 is 2.50 bits per heavy atom. The number of hydrogen-bond donors (Lipinski definition) is 2. The van der Waals surface area contributed by atoms with E-state index in [4.69, 9.17) is 5.11 Å². The standard InChI is InChI=1S/C13H19NOS/c15-9-11-1-3-13(4-2-11)16-10-12-5-7-14-8-6-12/h1-4,12,14-15H,5-10H2. The summed E-state index contributed by atoms with van der Waals surface area (Å²) in [6.45, 7) is 2.49. The molecule has 88 valence electrons. The van der Waals surface area contributed by atoms with Gasteiger partial charge in [0.25, 0.3) is 0 Å². The van der Waals surface area contributed by atoms with Gasteiger partial charge >= 0.3 is 0 Å². The zero-order valence-electron chi connectivity index (χ0n) is 9.48. The number of aliphatic hydroxyl groups excluding tert-OH is 1. The van der Waals surface area contributed by atoms with Crippen LogP contribution in [0.15, 0.2) is 29.2 Å². The van der Waals surface area contributed by atoms with Crippen molar-refractivity contribution in [2.75, 3.05) is 18.8 Å². The summed E-state index contributed by atoms with van der Waals surface area (Å²) in [7, 11) is 0. The number of thioether (sulfide) groups is 1. The van der Waals surface area contributed by atoms with Gasteiger partial charge in [-0.05, 0) is 49.5 Å². The van der Waals surface area contributed by atoms with E-state index in [2.05, 4.69) is 17.4 Å². The Morgan fingerprint density at radius 2 is 1.88 bits per heavy atom. The van der Waals surface area contributed by atoms with Crippen LogP contribution in [0.5, 0.6) is 0 Å². The Bertz CT molecular complexity index is 306. The highest BCUT2D eigenvalue weighted by Crippen LogP contribution is 2.24. The molecule has 1 fully saturated rings. The molecule has 1 saturated heterocycles. The molecule has 1 heterocycles. The van der Waals surface area contributed by atoms with Crippen LogP contribution in [0.4, 0.5) is 0 Å². The van der Waals surface area contributed by atoms with Crippen molar-refractivity contribution in [3.63, 3.8) is 0 Å². The zero-order valence-corrected chi connectivity index (χ0v) is 10.3. The Morgan fingerprint density at radius 1 is 1.19 bits per heavy atom. The smallest absolute Gasteiger partial charge is 0.0681 e. The number of rotatable bonds is 4. The molecule has 0 unspecified atom stereocenters. The van der Waals surface area contributed by atoms with Crippen molar-refractivity contribution in [2.24, 2.45) is 5.92 Å². The number of benzene rings is 1. The monoisotopic (exact) mass is 237 g/mol. The molecule has 0 spiro atoms. The van der Waals surface area contributed by atoms with Gasteiger partial charge in [-0.2, -0.15) is 0 Å². The minimum atomic E-state index is 0.138. The predicted molar refractivity (Wildman–Crippen MR) is 68.7 cm³/mol. The van der Waals surface area contributed by atoms with Crippen molar-refractivity contribution >= 4 is 11.8 Å². The normalized spacial score (nSPS) is 17.6. The quantitative estimate of drug-likeness (QED) is 0.788. The average Bonchev–Trinajstić information content (AvgIpc) is 2.38. The SMILES string of the molecule is OCc1ccc(SCC2CCNCC2)cc1. The van der Waals surface area contributed by atoms with Crippen molar-refractivity contribution in [1.29, 1.82) is 0 Å². The molecule has 2 rings (SSSR count). The third-order valence-corrected chi connectivity index (χ3v) is 4.29. The van der Waals surface area contributed by atoms with Gasteiger partial charge in [-0.15, -0.1) is 11.8 Å². The molecule has 1 aliphatic rings. The largest absolute Gasteiger partial charge is 0.392 e. The lowest BCUT2D eigenvalue weighted by atomic mass is 10.0. The molecule has 0 atom stereocenters. The zero-order chi connectivity index (χ0) is 11.2. The lowest BCUT2D eigenvalue weighted by Crippen LogP contribution is -2.28. The summed E-state index contributed by atoms with van der Waals surface area (Å²) in [5, 5.41) is 12.3. The van der Waals surface area contributed by atoms with Crippen molar-refractivity contribution < 1.29 is 5.11 Å². The Balaban J connectivity index is 1.79. The second kappa shape index (κ2) is 6.28. The summed E-state index contributed by atoms with van der Waals surface area (Å²) in [5.74, 6) is 2.09. The summed E-state index contributed by atoms with van der Waals surface area (Å²) >= 11 is 1.94. The number of hydrogen-bond acceptors (Lipinski definition) is 3. The molecule has 1 aromatic rings. The first-order valence-electron chi connectivity index (χ1n) is 5.92. The van der Waals surface area contributed by atoms with E-state index in [1.54, 1.807) is 0 Å². The summed E-state index contributed by atoms with van der Waals surface area (Å²) in [6, 6.07) is 8.23. The Hall–Kier alpha value is -0.510. The van der Waals surface area contributed by atoms with E-state index >= 15 is 0 Å². The maximum absolute atomic E-state index is 8.95. The molecule has 2 nitrogen and oxygen atoms in total. The molecule has 1 aliphatic heterocycles. The van der Waals surface area contributed by atoms with E-state index in [9.17, 15) is 0 Å². The van der Waals surface area contributed by atoms with Crippen LogP contribution in [0, 0.1) is 5.92 Å². The second-order valence-electron chi connectivity index (χ2n) is 4.31. The third-order valence-electron chi connectivity index (χ3n) is 3.05. The first-order chi connectivity index (χ1) is 7.88. The maximum atomic E-state index is 8.95. The van der Waals surface area contributed by atoms with E-state index in [-0.39, 0.29) is 6.61 Å². The molecule has 0 bridgehead atoms. The van der Waals surface area contributed by atoms with Gasteiger partial charge in [0.15, 0.2) is 0 Å². The third kappa shape index (κ3) is 3.51. The summed E-state index contributed by atoms with van der Waals surface area (Å²) in [5.41, 5.74) is 0.992. The fraction of sp³-hybridized carbons (Fsp3) is 0.538. The fourth-order valence-electron chi connectivity index (χ4n) is 1.95. The van der Waals surface area contributed by atoms with E-state index in [1.165, 1.54) is 36.6 Å². The van der Waals surface area contributed by atoms with E-state index in [0.717, 1.165) is 11.5 Å². The lowest BCUT2D eigenvalue weighted by molar-refractivity contribution is 0.282. The number of nitrogens with one attached hydrogen (secondary N) is 1. The van der Waals surface area contributed by atoms with E-state index in [1.807, 2.05) is 23.9 Å². The summed E-state index contributed by atoms with van der Waals surface area (Å²) in [6.07, 6.45) is 2.61. The molecule has 0 aromatic heterocycles. The fourth-order valence-corrected chi connectivity index (χ4v) is 3.04. The predicted octanol–water partition coefficient (Wildman–Crippen LogP) is 2.27. The molecule has 0 amide bonds. The van der Waals surface area contributed by atoms with Crippen molar-refractivity contribution in [3.05, 3.63) is 29.8 Å². The first-order valence-corrected chi connectivity index (χ1v) is 6.90. The number of piperidine rings is 1. The highest BCUT2D eigenvalue weighted by atomic mass is 32.2. The van der Waals surface area contributed by atoms with Crippen molar-refractivity contribution in [1.82, 2.24) is 5.32 Å². The van der Waals surface area contributed by atoms with Crippen LogP contribution in [0.2, 0.25) is 0 Å². The summed E-state index contributed by atoms with van der Waals surface area (Å²) in [4.78, 5) is 1.32. The molecular formula is C13H19NOS. The highest BCUT2D eigenvalue weighted by Gasteiger charge is 2.12. The molecule has 2 N–H and O–H groups in total. The number of aliphatic hydroxyl groups is 1. The van der Waals surface area contributed by atoms with E-state index in [0.29, 0.717) is 0 Å². The van der Waals surface area contributed by atoms with Crippen LogP contribution in [0.3, 0.4) is 0 Å². The molecule has 16 heavy (non-hydrogen) atoms. The van der Waals surface area contributed by atoms with Crippen molar-refractivity contribution in [2.45, 2.75) is 24.3 Å². The highest BCUT2D eigenvalue weighted by molar-refractivity contribution is 7.99. The van der Waals surface area contributed by atoms with Crippen LogP contribution < -0.4 is 5.32 Å². The average molecular weight is 237 g/mol. The van der Waals surface area contributed by atoms with Crippen LogP contribution in [-0.2, 0) is 6.61 Å². The van der Waals surface area contributed by atoms with Gasteiger partial charge in [0, 0.05) is 10.6 Å². The minimum absolute atomic E-state index is 0.138. The maximum Gasteiger partial charge on any atom is 0.0681 e. The van der Waals surface area contributed by atoms with Crippen LogP contribution in [0.25, 0.3) is 0 Å². The van der Waals surface area contributed by atoms with Gasteiger partial charge in [-0.3, -0.25) is 0 Å². The van der Waals surface area contributed by atoms with Crippen LogP contribution >= 0.6 is 11.8 Å². The van der Waals surface area contributed by atoms with E-state index < -0.39 is 0 Å². The second-order valence-corrected chi connectivity index (χ2v) is 5.40. The van der Waals surface area contributed by atoms with Gasteiger partial charge in [0.05, 0.1) is 6.61 Å². The van der Waals surface area contributed by atoms with Gasteiger partial charge in [-0.25, -0.2) is 0 Å². The summed E-state index contributed by atoms with van der Waals surface area (Å²) < 4.78 is 0. The van der Waals surface area contributed by atoms with Gasteiger partial charge < -0.3 is 10.4 Å². The van der Waals surface area contributed by atoms with Crippen LogP contribution in [-0.4, -0.2) is 23.9 Å². The lowest BCUT2D eigenvalue weighted by Gasteiger charge is -2.22. The molecule has 0 saturated carbocycles. The Labute approximate surface area is 101 Å². The topological polar surface area (TPSA) is 32.3 Å². The molecule has 3 heteroatoms. The van der Waals surface area contributed by atoms with Crippen LogP contribution in [0.1, 0.15) is 18.4 Å². The molecule has 1 aromatic carbocycles. The molecule has 0 aliphatic carbocycles. The molecular weight excluding hydrogens is 218 g/mol. The minimum Gasteiger partial charge on any atom is -0.392 e. The Kier molecular flexibility index (Phi) is 4.69. The first kappa shape index (κ1) is 12.0. The molecule has 0 radical (unpaired) electrons. The van der Waals surface area contributed by atoms with Gasteiger partial charge in [-0.1, -0.05) is 12.1 Å². The van der Waals surface area contributed by atoms with Gasteiger partial charge in [0.1, 0.15) is 0 Å².